The Kier molecular flexibility index (Phi) is 3.88. The van der Waals surface area contributed by atoms with Gasteiger partial charge in [0.25, 0.3) is 0 Å². The molecule has 1 aliphatic heterocycles. The van der Waals surface area contributed by atoms with Crippen LogP contribution >= 0.6 is 0 Å². The Labute approximate surface area is 94.1 Å². The zero-order valence-electron chi connectivity index (χ0n) is 9.53. The summed E-state index contributed by atoms with van der Waals surface area (Å²) in [4.78, 5) is 22.8. The van der Waals surface area contributed by atoms with E-state index in [4.69, 9.17) is 15.6 Å². The number of carbonyl (C=O) groups is 2. The summed E-state index contributed by atoms with van der Waals surface area (Å²) in [6, 6.07) is -0.697. The van der Waals surface area contributed by atoms with Crippen molar-refractivity contribution < 1.29 is 19.4 Å². The second kappa shape index (κ2) is 4.80. The third-order valence-corrected chi connectivity index (χ3v) is 2.81. The number of nitrogens with two attached hydrogens (primary N) is 1. The minimum Gasteiger partial charge on any atom is -0.479 e. The number of hydrogen-bond acceptors (Lipinski definition) is 4. The molecule has 0 radical (unpaired) electrons. The normalized spacial score (nSPS) is 26.8. The maximum Gasteiger partial charge on any atom is 0.331 e. The van der Waals surface area contributed by atoms with E-state index in [1.807, 2.05) is 13.8 Å². The Morgan fingerprint density at radius 2 is 2.12 bits per heavy atom. The van der Waals surface area contributed by atoms with Gasteiger partial charge in [-0.25, -0.2) is 4.79 Å². The van der Waals surface area contributed by atoms with Crippen LogP contribution < -0.4 is 11.1 Å². The topological polar surface area (TPSA) is 102 Å². The van der Waals surface area contributed by atoms with Crippen LogP contribution in [-0.2, 0) is 14.3 Å². The molecule has 0 aromatic rings. The van der Waals surface area contributed by atoms with Crippen molar-refractivity contribution in [3.63, 3.8) is 0 Å². The molecule has 1 unspecified atom stereocenters. The second-order valence-corrected chi connectivity index (χ2v) is 4.45. The Morgan fingerprint density at radius 1 is 1.50 bits per heavy atom. The van der Waals surface area contributed by atoms with Gasteiger partial charge in [-0.1, -0.05) is 13.8 Å². The van der Waals surface area contributed by atoms with Crippen molar-refractivity contribution in [3.05, 3.63) is 0 Å². The maximum atomic E-state index is 11.7. The minimum absolute atomic E-state index is 0.00110. The number of hydrogen-bond donors (Lipinski definition) is 3. The van der Waals surface area contributed by atoms with E-state index in [-0.39, 0.29) is 18.9 Å². The summed E-state index contributed by atoms with van der Waals surface area (Å²) in [5.41, 5.74) is 4.35. The Bertz CT molecular complexity index is 285. The average molecular weight is 230 g/mol. The highest BCUT2D eigenvalue weighted by molar-refractivity contribution is 5.90. The van der Waals surface area contributed by atoms with Gasteiger partial charge in [0.05, 0.1) is 12.6 Å². The van der Waals surface area contributed by atoms with E-state index in [0.717, 1.165) is 0 Å². The van der Waals surface area contributed by atoms with Gasteiger partial charge < -0.3 is 20.9 Å². The molecule has 1 heterocycles. The van der Waals surface area contributed by atoms with E-state index in [1.165, 1.54) is 0 Å². The fourth-order valence-electron chi connectivity index (χ4n) is 1.51. The van der Waals surface area contributed by atoms with Crippen LogP contribution in [-0.4, -0.2) is 41.8 Å². The highest BCUT2D eigenvalue weighted by Gasteiger charge is 2.44. The van der Waals surface area contributed by atoms with Crippen molar-refractivity contribution in [2.24, 2.45) is 11.7 Å². The number of carboxylic acids is 1. The molecule has 0 bridgehead atoms. The molecule has 2 atom stereocenters. The quantitative estimate of drug-likeness (QED) is 0.594. The second-order valence-electron chi connectivity index (χ2n) is 4.45. The highest BCUT2D eigenvalue weighted by Crippen LogP contribution is 2.19. The first-order chi connectivity index (χ1) is 7.39. The standard InChI is InChI=1S/C10H18N2O4/c1-6(2)7(11)8(13)12-10(9(14)15)3-4-16-5-10/h6-7H,3-5,11H2,1-2H3,(H,12,13)(H,14,15)/t7-,10?/m0/s1. The maximum absolute atomic E-state index is 11.7. The van der Waals surface area contributed by atoms with Crippen LogP contribution in [0, 0.1) is 5.92 Å². The van der Waals surface area contributed by atoms with Gasteiger partial charge in [0.1, 0.15) is 0 Å². The summed E-state index contributed by atoms with van der Waals surface area (Å²) in [6.45, 7) is 3.95. The van der Waals surface area contributed by atoms with E-state index in [2.05, 4.69) is 5.32 Å². The number of nitrogens with one attached hydrogen (secondary N) is 1. The summed E-state index contributed by atoms with van der Waals surface area (Å²) in [5, 5.41) is 11.6. The molecule has 0 saturated carbocycles. The molecule has 4 N–H and O–H groups in total. The summed E-state index contributed by atoms with van der Waals surface area (Å²) in [7, 11) is 0. The van der Waals surface area contributed by atoms with E-state index in [9.17, 15) is 9.59 Å². The summed E-state index contributed by atoms with van der Waals surface area (Å²) < 4.78 is 5.03. The number of amides is 1. The van der Waals surface area contributed by atoms with Crippen LogP contribution in [0.25, 0.3) is 0 Å². The molecule has 1 amide bonds. The molecule has 0 spiro atoms. The molecular formula is C10H18N2O4. The molecule has 16 heavy (non-hydrogen) atoms. The summed E-state index contributed by atoms with van der Waals surface area (Å²) in [6.07, 6.45) is 0.277. The van der Waals surface area contributed by atoms with Crippen LogP contribution in [0.15, 0.2) is 0 Å². The molecule has 0 aromatic heterocycles. The fraction of sp³-hybridized carbons (Fsp3) is 0.800. The zero-order chi connectivity index (χ0) is 12.3. The lowest BCUT2D eigenvalue weighted by Gasteiger charge is -2.26. The van der Waals surface area contributed by atoms with Gasteiger partial charge in [-0.2, -0.15) is 0 Å². The zero-order valence-corrected chi connectivity index (χ0v) is 9.53. The molecular weight excluding hydrogens is 212 g/mol. The van der Waals surface area contributed by atoms with Crippen molar-refractivity contribution in [2.75, 3.05) is 13.2 Å². The molecule has 1 aliphatic rings. The number of ether oxygens (including phenoxy) is 1. The van der Waals surface area contributed by atoms with Crippen molar-refractivity contribution in [1.29, 1.82) is 0 Å². The molecule has 1 rings (SSSR count). The minimum atomic E-state index is -1.30. The largest absolute Gasteiger partial charge is 0.479 e. The number of rotatable bonds is 4. The fourth-order valence-corrected chi connectivity index (χ4v) is 1.51. The van der Waals surface area contributed by atoms with E-state index < -0.39 is 23.5 Å². The number of carbonyl (C=O) groups excluding carboxylic acids is 1. The first-order valence-corrected chi connectivity index (χ1v) is 5.28. The van der Waals surface area contributed by atoms with Crippen molar-refractivity contribution >= 4 is 11.9 Å². The summed E-state index contributed by atoms with van der Waals surface area (Å²) in [5.74, 6) is -1.55. The monoisotopic (exact) mass is 230 g/mol. The van der Waals surface area contributed by atoms with Crippen LogP contribution in [0.3, 0.4) is 0 Å². The van der Waals surface area contributed by atoms with Gasteiger partial charge in [-0.3, -0.25) is 4.79 Å². The summed E-state index contributed by atoms with van der Waals surface area (Å²) >= 11 is 0. The van der Waals surface area contributed by atoms with Gasteiger partial charge in [-0.05, 0) is 5.92 Å². The molecule has 1 fully saturated rings. The van der Waals surface area contributed by atoms with Gasteiger partial charge in [0.15, 0.2) is 5.54 Å². The van der Waals surface area contributed by atoms with Crippen LogP contribution in [0.1, 0.15) is 20.3 Å². The van der Waals surface area contributed by atoms with Crippen LogP contribution in [0.5, 0.6) is 0 Å². The van der Waals surface area contributed by atoms with E-state index in [1.54, 1.807) is 0 Å². The lowest BCUT2D eigenvalue weighted by molar-refractivity contribution is -0.148. The van der Waals surface area contributed by atoms with Crippen molar-refractivity contribution in [3.8, 4) is 0 Å². The molecule has 1 saturated heterocycles. The van der Waals surface area contributed by atoms with Crippen LogP contribution in [0.4, 0.5) is 0 Å². The van der Waals surface area contributed by atoms with Gasteiger partial charge in [0, 0.05) is 13.0 Å². The first kappa shape index (κ1) is 12.9. The molecule has 92 valence electrons. The van der Waals surface area contributed by atoms with Gasteiger partial charge in [0.2, 0.25) is 5.91 Å². The smallest absolute Gasteiger partial charge is 0.331 e. The number of aliphatic carboxylic acids is 1. The van der Waals surface area contributed by atoms with E-state index >= 15 is 0 Å². The Morgan fingerprint density at radius 3 is 2.50 bits per heavy atom. The Balaban J connectivity index is 2.70. The molecule has 0 aliphatic carbocycles. The predicted octanol–water partition coefficient (Wildman–Crippen LogP) is -0.670. The van der Waals surface area contributed by atoms with Crippen molar-refractivity contribution in [1.82, 2.24) is 5.32 Å². The van der Waals surface area contributed by atoms with E-state index in [0.29, 0.717) is 6.61 Å². The molecule has 0 aromatic carbocycles. The average Bonchev–Trinajstić information content (AvgIpc) is 2.66. The van der Waals surface area contributed by atoms with Gasteiger partial charge in [-0.15, -0.1) is 0 Å². The third-order valence-electron chi connectivity index (χ3n) is 2.81. The van der Waals surface area contributed by atoms with Crippen molar-refractivity contribution in [2.45, 2.75) is 31.8 Å². The Hall–Kier alpha value is -1.14. The molecule has 6 heteroatoms. The predicted molar refractivity (Wildman–Crippen MR) is 56.8 cm³/mol. The van der Waals surface area contributed by atoms with Gasteiger partial charge >= 0.3 is 5.97 Å². The highest BCUT2D eigenvalue weighted by atomic mass is 16.5. The molecule has 6 nitrogen and oxygen atoms in total. The van der Waals surface area contributed by atoms with Crippen LogP contribution in [0.2, 0.25) is 0 Å². The first-order valence-electron chi connectivity index (χ1n) is 5.28. The lowest BCUT2D eigenvalue weighted by Crippen LogP contribution is -2.59. The number of carboxylic acid groups (broad SMARTS) is 1. The SMILES string of the molecule is CC(C)[C@H](N)C(=O)NC1(C(=O)O)CCOC1. The third kappa shape index (κ3) is 2.51. The lowest BCUT2D eigenvalue weighted by atomic mass is 9.96.